The monoisotopic (exact) mass is 251 g/mol. The molecule has 18 heavy (non-hydrogen) atoms. The first-order chi connectivity index (χ1) is 8.41. The van der Waals surface area contributed by atoms with Gasteiger partial charge in [0.15, 0.2) is 0 Å². The second kappa shape index (κ2) is 5.81. The van der Waals surface area contributed by atoms with Gasteiger partial charge in [-0.25, -0.2) is 4.79 Å². The van der Waals surface area contributed by atoms with Crippen LogP contribution in [-0.2, 0) is 0 Å². The summed E-state index contributed by atoms with van der Waals surface area (Å²) in [5.41, 5.74) is 0.544. The van der Waals surface area contributed by atoms with Crippen LogP contribution in [0.1, 0.15) is 24.2 Å². The lowest BCUT2D eigenvalue weighted by Gasteiger charge is -2.07. The smallest absolute Gasteiger partial charge is 0.339 e. The van der Waals surface area contributed by atoms with Crippen LogP contribution in [0.4, 0.5) is 5.69 Å². The maximum Gasteiger partial charge on any atom is 0.339 e. The van der Waals surface area contributed by atoms with E-state index in [1.54, 1.807) is 6.08 Å². The highest BCUT2D eigenvalue weighted by molar-refractivity contribution is 5.91. The van der Waals surface area contributed by atoms with Gasteiger partial charge in [0.25, 0.3) is 5.69 Å². The number of ether oxygens (including phenoxy) is 1. The fraction of sp³-hybridized carbons (Fsp3) is 0.250. The quantitative estimate of drug-likeness (QED) is 0.493. The minimum atomic E-state index is -1.26. The number of hydrogen-bond donors (Lipinski definition) is 1. The number of hydrogen-bond acceptors (Lipinski definition) is 4. The summed E-state index contributed by atoms with van der Waals surface area (Å²) < 4.78 is 5.26. The van der Waals surface area contributed by atoms with Gasteiger partial charge in [-0.2, -0.15) is 0 Å². The second-order valence-electron chi connectivity index (χ2n) is 3.84. The van der Waals surface area contributed by atoms with E-state index in [4.69, 9.17) is 9.84 Å². The Morgan fingerprint density at radius 1 is 1.50 bits per heavy atom. The maximum absolute atomic E-state index is 11.0. The van der Waals surface area contributed by atoms with Crippen molar-refractivity contribution in [3.63, 3.8) is 0 Å². The summed E-state index contributed by atoms with van der Waals surface area (Å²) in [6.07, 6.45) is 1.78. The molecule has 0 radical (unpaired) electrons. The normalized spacial score (nSPS) is 9.67. The van der Waals surface area contributed by atoms with E-state index in [1.165, 1.54) is 12.1 Å². The summed E-state index contributed by atoms with van der Waals surface area (Å²) in [6, 6.07) is 3.49. The van der Waals surface area contributed by atoms with Crippen LogP contribution in [0.15, 0.2) is 29.8 Å². The topological polar surface area (TPSA) is 89.7 Å². The van der Waals surface area contributed by atoms with Gasteiger partial charge in [-0.1, -0.05) is 5.57 Å². The highest BCUT2D eigenvalue weighted by Gasteiger charge is 2.16. The molecule has 0 amide bonds. The van der Waals surface area contributed by atoms with Crippen LogP contribution < -0.4 is 4.74 Å². The largest absolute Gasteiger partial charge is 0.489 e. The lowest BCUT2D eigenvalue weighted by Crippen LogP contribution is -2.04. The van der Waals surface area contributed by atoms with E-state index in [0.29, 0.717) is 0 Å². The van der Waals surface area contributed by atoms with Gasteiger partial charge >= 0.3 is 5.97 Å². The van der Waals surface area contributed by atoms with Crippen molar-refractivity contribution in [1.82, 2.24) is 0 Å². The molecule has 1 N–H and O–H groups in total. The Morgan fingerprint density at radius 3 is 2.67 bits per heavy atom. The lowest BCUT2D eigenvalue weighted by molar-refractivity contribution is -0.384. The van der Waals surface area contributed by atoms with Gasteiger partial charge in [-0.05, 0) is 26.0 Å². The Bertz CT molecular complexity index is 503. The van der Waals surface area contributed by atoms with Crippen LogP contribution >= 0.6 is 0 Å². The number of benzene rings is 1. The van der Waals surface area contributed by atoms with Crippen molar-refractivity contribution in [3.05, 3.63) is 45.5 Å². The molecule has 6 heteroatoms. The van der Waals surface area contributed by atoms with Gasteiger partial charge < -0.3 is 9.84 Å². The fourth-order valence-electron chi connectivity index (χ4n) is 1.22. The Labute approximate surface area is 104 Å². The SMILES string of the molecule is CC(C)=CCOc1ccc([N+](=O)[O-])cc1C(=O)O. The third-order valence-electron chi connectivity index (χ3n) is 2.13. The van der Waals surface area contributed by atoms with Crippen molar-refractivity contribution < 1.29 is 19.6 Å². The summed E-state index contributed by atoms with van der Waals surface area (Å²) in [4.78, 5) is 20.9. The van der Waals surface area contributed by atoms with Gasteiger partial charge in [0, 0.05) is 12.1 Å². The number of carbonyl (C=O) groups is 1. The van der Waals surface area contributed by atoms with Gasteiger partial charge in [-0.3, -0.25) is 10.1 Å². The van der Waals surface area contributed by atoms with E-state index in [0.717, 1.165) is 11.6 Å². The number of nitro groups is 1. The molecule has 0 bridgehead atoms. The van der Waals surface area contributed by atoms with Gasteiger partial charge in [-0.15, -0.1) is 0 Å². The molecule has 0 unspecified atom stereocenters. The highest BCUT2D eigenvalue weighted by atomic mass is 16.6. The third-order valence-corrected chi connectivity index (χ3v) is 2.13. The zero-order valence-electron chi connectivity index (χ0n) is 10.0. The van der Waals surface area contributed by atoms with Crippen molar-refractivity contribution in [2.75, 3.05) is 6.61 Å². The molecule has 0 aliphatic carbocycles. The zero-order chi connectivity index (χ0) is 13.7. The second-order valence-corrected chi connectivity index (χ2v) is 3.84. The van der Waals surface area contributed by atoms with Gasteiger partial charge in [0.2, 0.25) is 0 Å². The summed E-state index contributed by atoms with van der Waals surface area (Å²) in [7, 11) is 0. The molecule has 0 saturated heterocycles. The first-order valence-electron chi connectivity index (χ1n) is 5.19. The number of aromatic carboxylic acids is 1. The summed E-state index contributed by atoms with van der Waals surface area (Å²) in [5, 5.41) is 19.5. The van der Waals surface area contributed by atoms with Crippen molar-refractivity contribution in [1.29, 1.82) is 0 Å². The van der Waals surface area contributed by atoms with Crippen LogP contribution in [0.2, 0.25) is 0 Å². The van der Waals surface area contributed by atoms with Crippen molar-refractivity contribution in [3.8, 4) is 5.75 Å². The molecule has 96 valence electrons. The van der Waals surface area contributed by atoms with E-state index < -0.39 is 10.9 Å². The summed E-state index contributed by atoms with van der Waals surface area (Å²) >= 11 is 0. The van der Waals surface area contributed by atoms with Crippen LogP contribution in [0, 0.1) is 10.1 Å². The highest BCUT2D eigenvalue weighted by Crippen LogP contribution is 2.24. The molecule has 0 saturated carbocycles. The molecule has 0 aromatic heterocycles. The van der Waals surface area contributed by atoms with Crippen LogP contribution in [0.3, 0.4) is 0 Å². The van der Waals surface area contributed by atoms with Crippen LogP contribution in [0.5, 0.6) is 5.75 Å². The third kappa shape index (κ3) is 3.58. The predicted molar refractivity (Wildman–Crippen MR) is 65.0 cm³/mol. The van der Waals surface area contributed by atoms with Gasteiger partial charge in [0.1, 0.15) is 17.9 Å². The Balaban J connectivity index is 3.01. The number of carboxylic acid groups (broad SMARTS) is 1. The Kier molecular flexibility index (Phi) is 4.42. The van der Waals surface area contributed by atoms with E-state index in [9.17, 15) is 14.9 Å². The molecule has 0 heterocycles. The molecule has 1 rings (SSSR count). The number of allylic oxidation sites excluding steroid dienone is 1. The molecule has 0 atom stereocenters. The summed E-state index contributed by atoms with van der Waals surface area (Å²) in [6.45, 7) is 4.00. The molecule has 1 aromatic rings. The van der Waals surface area contributed by atoms with Gasteiger partial charge in [0.05, 0.1) is 4.92 Å². The maximum atomic E-state index is 11.0. The number of carboxylic acids is 1. The first kappa shape index (κ1) is 13.7. The molecule has 1 aromatic carbocycles. The number of rotatable bonds is 5. The Hall–Kier alpha value is -2.37. The van der Waals surface area contributed by atoms with E-state index in [1.807, 2.05) is 13.8 Å². The minimum absolute atomic E-state index is 0.116. The predicted octanol–water partition coefficient (Wildman–Crippen LogP) is 2.64. The fourth-order valence-corrected chi connectivity index (χ4v) is 1.22. The van der Waals surface area contributed by atoms with Crippen LogP contribution in [-0.4, -0.2) is 22.6 Å². The molecule has 0 fully saturated rings. The summed E-state index contributed by atoms with van der Waals surface area (Å²) in [5.74, 6) is -1.14. The van der Waals surface area contributed by atoms with Crippen molar-refractivity contribution in [2.45, 2.75) is 13.8 Å². The first-order valence-corrected chi connectivity index (χ1v) is 5.19. The zero-order valence-corrected chi connectivity index (χ0v) is 10.0. The molecule has 0 spiro atoms. The number of nitro benzene ring substituents is 1. The van der Waals surface area contributed by atoms with E-state index in [2.05, 4.69) is 0 Å². The molecule has 0 aliphatic rings. The van der Waals surface area contributed by atoms with Crippen molar-refractivity contribution in [2.24, 2.45) is 0 Å². The molecular formula is C12H13NO5. The minimum Gasteiger partial charge on any atom is -0.489 e. The lowest BCUT2D eigenvalue weighted by atomic mass is 10.2. The Morgan fingerprint density at radius 2 is 2.17 bits per heavy atom. The molecule has 0 aliphatic heterocycles. The molecule has 6 nitrogen and oxygen atoms in total. The standard InChI is InChI=1S/C12H13NO5/c1-8(2)5-6-18-11-4-3-9(13(16)17)7-10(11)12(14)15/h3-5,7H,6H2,1-2H3,(H,14,15). The van der Waals surface area contributed by atoms with E-state index in [-0.39, 0.29) is 23.6 Å². The number of nitrogens with zero attached hydrogens (tertiary/aromatic N) is 1. The average molecular weight is 251 g/mol. The van der Waals surface area contributed by atoms with Crippen molar-refractivity contribution >= 4 is 11.7 Å². The van der Waals surface area contributed by atoms with Crippen LogP contribution in [0.25, 0.3) is 0 Å². The number of non-ortho nitro benzene ring substituents is 1. The van der Waals surface area contributed by atoms with E-state index >= 15 is 0 Å². The molecular weight excluding hydrogens is 238 g/mol. The average Bonchev–Trinajstić information content (AvgIpc) is 2.28.